The molecule has 0 aliphatic carbocycles. The van der Waals surface area contributed by atoms with E-state index in [1.807, 2.05) is 60.4 Å². The summed E-state index contributed by atoms with van der Waals surface area (Å²) in [5.41, 5.74) is 2.99. The highest BCUT2D eigenvalue weighted by Gasteiger charge is 2.26. The number of aryl methyl sites for hydroxylation is 1. The lowest BCUT2D eigenvalue weighted by Gasteiger charge is -2.29. The number of likely N-dealkylation sites (tertiary alicyclic amines) is 1. The molecular weight excluding hydrogens is 336 g/mol. The van der Waals surface area contributed by atoms with E-state index >= 15 is 0 Å². The molecular formula is C22H24N4O. The number of carbonyl (C=O) groups is 1. The van der Waals surface area contributed by atoms with Gasteiger partial charge >= 0.3 is 0 Å². The van der Waals surface area contributed by atoms with Gasteiger partial charge in [0.05, 0.1) is 5.69 Å². The van der Waals surface area contributed by atoms with E-state index in [0.29, 0.717) is 11.7 Å². The van der Waals surface area contributed by atoms with Crippen LogP contribution in [0.2, 0.25) is 0 Å². The number of benzene rings is 2. The lowest BCUT2D eigenvalue weighted by atomic mass is 9.99. The van der Waals surface area contributed by atoms with Crippen LogP contribution in [-0.2, 0) is 0 Å². The lowest BCUT2D eigenvalue weighted by Crippen LogP contribution is -2.38. The molecule has 0 spiro atoms. The standard InChI is InChI=1S/C22H24N4O/c1-16-11-13-25(14-12-16)22(27)20-23-21(18-8-4-3-5-9-18)26(24-20)19-10-6-7-17(2)15-19/h3-10,15-16H,11-14H2,1-2H3. The maximum Gasteiger partial charge on any atom is 0.293 e. The smallest absolute Gasteiger partial charge is 0.293 e. The molecule has 0 radical (unpaired) electrons. The molecule has 5 nitrogen and oxygen atoms in total. The molecule has 1 aliphatic rings. The average Bonchev–Trinajstić information content (AvgIpc) is 3.14. The fourth-order valence-electron chi connectivity index (χ4n) is 3.47. The zero-order valence-electron chi connectivity index (χ0n) is 15.8. The number of piperidine rings is 1. The summed E-state index contributed by atoms with van der Waals surface area (Å²) in [6, 6.07) is 18.0. The van der Waals surface area contributed by atoms with Gasteiger partial charge in [-0.15, -0.1) is 5.10 Å². The fraction of sp³-hybridized carbons (Fsp3) is 0.318. The molecule has 0 bridgehead atoms. The second-order valence-corrected chi connectivity index (χ2v) is 7.35. The zero-order chi connectivity index (χ0) is 18.8. The molecule has 138 valence electrons. The van der Waals surface area contributed by atoms with Crippen LogP contribution in [0.3, 0.4) is 0 Å². The largest absolute Gasteiger partial charge is 0.336 e. The third-order valence-electron chi connectivity index (χ3n) is 5.15. The van der Waals surface area contributed by atoms with Crippen LogP contribution in [0.5, 0.6) is 0 Å². The summed E-state index contributed by atoms with van der Waals surface area (Å²) >= 11 is 0. The van der Waals surface area contributed by atoms with E-state index < -0.39 is 0 Å². The molecule has 0 saturated carbocycles. The summed E-state index contributed by atoms with van der Waals surface area (Å²) in [5, 5.41) is 4.61. The highest BCUT2D eigenvalue weighted by molar-refractivity contribution is 5.91. The van der Waals surface area contributed by atoms with Crippen molar-refractivity contribution in [1.29, 1.82) is 0 Å². The van der Waals surface area contributed by atoms with Gasteiger partial charge in [-0.05, 0) is 43.4 Å². The average molecular weight is 360 g/mol. The molecule has 1 aromatic heterocycles. The molecule has 0 unspecified atom stereocenters. The van der Waals surface area contributed by atoms with Crippen molar-refractivity contribution in [2.24, 2.45) is 5.92 Å². The van der Waals surface area contributed by atoms with Crippen LogP contribution in [-0.4, -0.2) is 38.7 Å². The summed E-state index contributed by atoms with van der Waals surface area (Å²) in [5.74, 6) is 1.55. The van der Waals surface area contributed by atoms with E-state index in [9.17, 15) is 4.79 Å². The van der Waals surface area contributed by atoms with Crippen molar-refractivity contribution in [3.63, 3.8) is 0 Å². The van der Waals surface area contributed by atoms with Gasteiger partial charge in [0.1, 0.15) is 0 Å². The van der Waals surface area contributed by atoms with Crippen molar-refractivity contribution in [3.05, 3.63) is 66.0 Å². The summed E-state index contributed by atoms with van der Waals surface area (Å²) in [6.07, 6.45) is 2.08. The number of aromatic nitrogens is 3. The molecule has 2 heterocycles. The number of amides is 1. The normalized spacial score (nSPS) is 15.1. The van der Waals surface area contributed by atoms with E-state index in [2.05, 4.69) is 23.1 Å². The summed E-state index contributed by atoms with van der Waals surface area (Å²) in [7, 11) is 0. The first-order valence-electron chi connectivity index (χ1n) is 9.50. The summed E-state index contributed by atoms with van der Waals surface area (Å²) in [4.78, 5) is 19.5. The van der Waals surface area contributed by atoms with Crippen LogP contribution in [0.25, 0.3) is 17.1 Å². The molecule has 1 saturated heterocycles. The molecule has 27 heavy (non-hydrogen) atoms. The van der Waals surface area contributed by atoms with Crippen LogP contribution >= 0.6 is 0 Å². The van der Waals surface area contributed by atoms with E-state index in [0.717, 1.165) is 42.7 Å². The number of nitrogens with zero attached hydrogens (tertiary/aromatic N) is 4. The van der Waals surface area contributed by atoms with Gasteiger partial charge < -0.3 is 4.90 Å². The minimum Gasteiger partial charge on any atom is -0.336 e. The molecule has 0 N–H and O–H groups in total. The second kappa shape index (κ2) is 7.35. The van der Waals surface area contributed by atoms with Gasteiger partial charge in [0, 0.05) is 18.7 Å². The van der Waals surface area contributed by atoms with Crippen LogP contribution in [0.4, 0.5) is 0 Å². The number of carbonyl (C=O) groups excluding carboxylic acids is 1. The van der Waals surface area contributed by atoms with Gasteiger partial charge in [0.2, 0.25) is 5.82 Å². The summed E-state index contributed by atoms with van der Waals surface area (Å²) in [6.45, 7) is 5.84. The first-order chi connectivity index (χ1) is 13.1. The fourth-order valence-corrected chi connectivity index (χ4v) is 3.47. The number of rotatable bonds is 3. The molecule has 0 atom stereocenters. The Morgan fingerprint density at radius 3 is 2.48 bits per heavy atom. The lowest BCUT2D eigenvalue weighted by molar-refractivity contribution is 0.0685. The van der Waals surface area contributed by atoms with Crippen LogP contribution in [0.1, 0.15) is 35.9 Å². The van der Waals surface area contributed by atoms with Crippen LogP contribution < -0.4 is 0 Å². The number of hydrogen-bond donors (Lipinski definition) is 0. The SMILES string of the molecule is Cc1cccc(-n2nc(C(=O)N3CCC(C)CC3)nc2-c2ccccc2)c1. The van der Waals surface area contributed by atoms with Gasteiger partial charge in [0.25, 0.3) is 5.91 Å². The van der Waals surface area contributed by atoms with E-state index in [1.165, 1.54) is 0 Å². The Morgan fingerprint density at radius 2 is 1.78 bits per heavy atom. The van der Waals surface area contributed by atoms with E-state index in [-0.39, 0.29) is 11.7 Å². The maximum absolute atomic E-state index is 13.0. The minimum absolute atomic E-state index is 0.0783. The third-order valence-corrected chi connectivity index (χ3v) is 5.15. The molecule has 2 aromatic carbocycles. The first-order valence-corrected chi connectivity index (χ1v) is 9.50. The van der Waals surface area contributed by atoms with Gasteiger partial charge in [-0.1, -0.05) is 49.4 Å². The van der Waals surface area contributed by atoms with Gasteiger partial charge in [0.15, 0.2) is 5.82 Å². The van der Waals surface area contributed by atoms with Crippen molar-refractivity contribution in [1.82, 2.24) is 19.7 Å². The van der Waals surface area contributed by atoms with Crippen molar-refractivity contribution in [3.8, 4) is 17.1 Å². The molecule has 3 aromatic rings. The van der Waals surface area contributed by atoms with Gasteiger partial charge in [-0.3, -0.25) is 4.79 Å². The van der Waals surface area contributed by atoms with Gasteiger partial charge in [-0.25, -0.2) is 9.67 Å². The van der Waals surface area contributed by atoms with Crippen molar-refractivity contribution < 1.29 is 4.79 Å². The van der Waals surface area contributed by atoms with Crippen molar-refractivity contribution in [2.45, 2.75) is 26.7 Å². The number of hydrogen-bond acceptors (Lipinski definition) is 3. The van der Waals surface area contributed by atoms with Crippen LogP contribution in [0, 0.1) is 12.8 Å². The minimum atomic E-state index is -0.0783. The Bertz CT molecular complexity index is 940. The Balaban J connectivity index is 1.75. The first kappa shape index (κ1) is 17.5. The van der Waals surface area contributed by atoms with E-state index in [4.69, 9.17) is 0 Å². The topological polar surface area (TPSA) is 51.0 Å². The Morgan fingerprint density at radius 1 is 1.04 bits per heavy atom. The predicted octanol–water partition coefficient (Wildman–Crippen LogP) is 4.11. The highest BCUT2D eigenvalue weighted by atomic mass is 16.2. The third kappa shape index (κ3) is 3.63. The molecule has 4 rings (SSSR count). The molecule has 1 amide bonds. The van der Waals surface area contributed by atoms with Crippen molar-refractivity contribution >= 4 is 5.91 Å². The Kier molecular flexibility index (Phi) is 4.75. The zero-order valence-corrected chi connectivity index (χ0v) is 15.8. The van der Waals surface area contributed by atoms with Crippen LogP contribution in [0.15, 0.2) is 54.6 Å². The van der Waals surface area contributed by atoms with Gasteiger partial charge in [-0.2, -0.15) is 0 Å². The second-order valence-electron chi connectivity index (χ2n) is 7.35. The molecule has 5 heteroatoms. The van der Waals surface area contributed by atoms with E-state index in [1.54, 1.807) is 4.68 Å². The van der Waals surface area contributed by atoms with Crippen molar-refractivity contribution in [2.75, 3.05) is 13.1 Å². The monoisotopic (exact) mass is 360 g/mol. The summed E-state index contributed by atoms with van der Waals surface area (Å²) < 4.78 is 1.78. The molecule has 1 fully saturated rings. The quantitative estimate of drug-likeness (QED) is 0.706. The predicted molar refractivity (Wildman–Crippen MR) is 106 cm³/mol. The maximum atomic E-state index is 13.0. The Labute approximate surface area is 159 Å². The highest BCUT2D eigenvalue weighted by Crippen LogP contribution is 2.23. The molecule has 1 aliphatic heterocycles. The Hall–Kier alpha value is -2.95.